The molecule has 0 fully saturated rings. The molecule has 0 bridgehead atoms. The van der Waals surface area contributed by atoms with Crippen molar-refractivity contribution in [3.8, 4) is 5.75 Å². The summed E-state index contributed by atoms with van der Waals surface area (Å²) in [6, 6.07) is 23.5. The Morgan fingerprint density at radius 2 is 1.56 bits per heavy atom. The Kier molecular flexibility index (Phi) is 6.07. The Morgan fingerprint density at radius 3 is 2.25 bits per heavy atom. The molecule has 162 valence electrons. The van der Waals surface area contributed by atoms with Gasteiger partial charge in [0, 0.05) is 28.3 Å². The predicted octanol–water partition coefficient (Wildman–Crippen LogP) is 5.31. The number of aromatic amines is 1. The predicted molar refractivity (Wildman–Crippen MR) is 126 cm³/mol. The highest BCUT2D eigenvalue weighted by Crippen LogP contribution is 2.22. The molecule has 3 aromatic carbocycles. The third-order valence-corrected chi connectivity index (χ3v) is 5.12. The van der Waals surface area contributed by atoms with E-state index < -0.39 is 0 Å². The molecule has 32 heavy (non-hydrogen) atoms. The minimum absolute atomic E-state index is 0.197. The number of ether oxygens (including phenoxy) is 1. The second kappa shape index (κ2) is 9.26. The van der Waals surface area contributed by atoms with Gasteiger partial charge in [0.05, 0.1) is 13.2 Å². The molecule has 7 nitrogen and oxygen atoms in total. The summed E-state index contributed by atoms with van der Waals surface area (Å²) in [5.41, 5.74) is 3.62. The molecular weight excluding hydrogens is 404 g/mol. The van der Waals surface area contributed by atoms with Crippen molar-refractivity contribution >= 4 is 34.2 Å². The van der Waals surface area contributed by atoms with Crippen LogP contribution in [0.1, 0.15) is 29.0 Å². The molecule has 3 amide bonds. The summed E-state index contributed by atoms with van der Waals surface area (Å²) in [6.07, 6.45) is 0. The minimum Gasteiger partial charge on any atom is -0.497 e. The second-order valence-electron chi connectivity index (χ2n) is 7.40. The molecule has 0 aliphatic heterocycles. The van der Waals surface area contributed by atoms with Crippen LogP contribution in [0.15, 0.2) is 78.9 Å². The summed E-state index contributed by atoms with van der Waals surface area (Å²) in [5.74, 6) is 0.530. The summed E-state index contributed by atoms with van der Waals surface area (Å²) in [5, 5.41) is 9.50. The van der Waals surface area contributed by atoms with Gasteiger partial charge in [0.15, 0.2) is 0 Å². The molecule has 0 radical (unpaired) electrons. The summed E-state index contributed by atoms with van der Waals surface area (Å²) in [4.78, 5) is 28.0. The number of nitrogens with one attached hydrogen (secondary N) is 4. The highest BCUT2D eigenvalue weighted by Gasteiger charge is 2.14. The number of benzene rings is 3. The largest absolute Gasteiger partial charge is 0.497 e. The molecule has 7 heteroatoms. The van der Waals surface area contributed by atoms with Gasteiger partial charge in [-0.05, 0) is 55.0 Å². The number of fused-ring (bicyclic) bond motifs is 1. The van der Waals surface area contributed by atoms with Crippen molar-refractivity contribution in [2.24, 2.45) is 0 Å². The fraction of sp³-hybridized carbons (Fsp3) is 0.120. The Labute approximate surface area is 185 Å². The zero-order valence-corrected chi connectivity index (χ0v) is 17.8. The maximum absolute atomic E-state index is 12.7. The molecular formula is C25H24N4O3. The zero-order valence-electron chi connectivity index (χ0n) is 17.8. The van der Waals surface area contributed by atoms with E-state index in [4.69, 9.17) is 4.74 Å². The van der Waals surface area contributed by atoms with E-state index in [1.165, 1.54) is 0 Å². The normalized spacial score (nSPS) is 11.6. The van der Waals surface area contributed by atoms with Gasteiger partial charge in [-0.1, -0.05) is 30.3 Å². The molecule has 4 N–H and O–H groups in total. The van der Waals surface area contributed by atoms with Crippen molar-refractivity contribution in [3.05, 3.63) is 90.1 Å². The molecule has 0 aliphatic carbocycles. The molecule has 0 spiro atoms. The molecule has 0 saturated carbocycles. The van der Waals surface area contributed by atoms with E-state index in [1.54, 1.807) is 19.2 Å². The average molecular weight is 428 g/mol. The number of para-hydroxylation sites is 1. The summed E-state index contributed by atoms with van der Waals surface area (Å²) in [7, 11) is 1.61. The van der Waals surface area contributed by atoms with E-state index >= 15 is 0 Å². The van der Waals surface area contributed by atoms with Gasteiger partial charge in [-0.3, -0.25) is 4.79 Å². The maximum atomic E-state index is 12.7. The molecule has 1 unspecified atom stereocenters. The van der Waals surface area contributed by atoms with Crippen molar-refractivity contribution in [1.82, 2.24) is 10.3 Å². The molecule has 1 atom stereocenters. The van der Waals surface area contributed by atoms with Gasteiger partial charge in [-0.2, -0.15) is 0 Å². The summed E-state index contributed by atoms with van der Waals surface area (Å²) >= 11 is 0. The maximum Gasteiger partial charge on any atom is 0.323 e. The first-order valence-corrected chi connectivity index (χ1v) is 10.2. The number of carbonyl (C=O) groups excluding carboxylic acids is 2. The lowest BCUT2D eigenvalue weighted by atomic mass is 10.1. The molecule has 4 rings (SSSR count). The number of carbonyl (C=O) groups is 2. The molecule has 1 heterocycles. The van der Waals surface area contributed by atoms with Crippen molar-refractivity contribution in [2.75, 3.05) is 17.7 Å². The summed E-state index contributed by atoms with van der Waals surface area (Å²) < 4.78 is 5.23. The number of hydrogen-bond donors (Lipinski definition) is 4. The van der Waals surface area contributed by atoms with E-state index in [1.807, 2.05) is 73.7 Å². The van der Waals surface area contributed by atoms with Gasteiger partial charge in [-0.15, -0.1) is 0 Å². The van der Waals surface area contributed by atoms with Gasteiger partial charge < -0.3 is 25.7 Å². The van der Waals surface area contributed by atoms with Crippen LogP contribution in [0.5, 0.6) is 5.75 Å². The third-order valence-electron chi connectivity index (χ3n) is 5.12. The quantitative estimate of drug-likeness (QED) is 0.335. The highest BCUT2D eigenvalue weighted by molar-refractivity contribution is 6.00. The van der Waals surface area contributed by atoms with Crippen LogP contribution in [0.25, 0.3) is 10.9 Å². The Bertz CT molecular complexity index is 1230. The van der Waals surface area contributed by atoms with Crippen molar-refractivity contribution in [3.63, 3.8) is 0 Å². The van der Waals surface area contributed by atoms with Gasteiger partial charge in [0.25, 0.3) is 5.91 Å². The SMILES string of the molecule is COc1ccc2cc(C(=O)NC(C)c3ccc(NC(=O)Nc4ccccc4)cc3)[nH]c2c1. The Balaban J connectivity index is 1.36. The average Bonchev–Trinajstić information content (AvgIpc) is 3.23. The van der Waals surface area contributed by atoms with E-state index in [9.17, 15) is 9.59 Å². The molecule has 0 saturated heterocycles. The number of methoxy groups -OCH3 is 1. The number of amides is 3. The molecule has 1 aromatic heterocycles. The van der Waals surface area contributed by atoms with Crippen LogP contribution in [0.4, 0.5) is 16.2 Å². The fourth-order valence-electron chi connectivity index (χ4n) is 3.38. The summed E-state index contributed by atoms with van der Waals surface area (Å²) in [6.45, 7) is 1.91. The Hall–Kier alpha value is -4.26. The van der Waals surface area contributed by atoms with Crippen LogP contribution in [-0.2, 0) is 0 Å². The lowest BCUT2D eigenvalue weighted by Gasteiger charge is -2.15. The van der Waals surface area contributed by atoms with Crippen LogP contribution >= 0.6 is 0 Å². The smallest absolute Gasteiger partial charge is 0.323 e. The zero-order chi connectivity index (χ0) is 22.5. The van der Waals surface area contributed by atoms with E-state index in [2.05, 4.69) is 20.9 Å². The first-order chi connectivity index (χ1) is 15.5. The monoisotopic (exact) mass is 428 g/mol. The van der Waals surface area contributed by atoms with E-state index in [-0.39, 0.29) is 18.0 Å². The van der Waals surface area contributed by atoms with Crippen LogP contribution in [0, 0.1) is 0 Å². The topological polar surface area (TPSA) is 95.2 Å². The number of aromatic nitrogens is 1. The minimum atomic E-state index is -0.319. The number of anilines is 2. The van der Waals surface area contributed by atoms with Crippen LogP contribution in [-0.4, -0.2) is 24.0 Å². The van der Waals surface area contributed by atoms with Crippen molar-refractivity contribution < 1.29 is 14.3 Å². The number of H-pyrrole nitrogens is 1. The number of rotatable bonds is 6. The molecule has 4 aromatic rings. The van der Waals surface area contributed by atoms with Gasteiger partial charge >= 0.3 is 6.03 Å². The van der Waals surface area contributed by atoms with E-state index in [0.717, 1.165) is 22.2 Å². The van der Waals surface area contributed by atoms with Crippen LogP contribution in [0.2, 0.25) is 0 Å². The van der Waals surface area contributed by atoms with Gasteiger partial charge in [0.2, 0.25) is 0 Å². The van der Waals surface area contributed by atoms with Crippen LogP contribution in [0.3, 0.4) is 0 Å². The van der Waals surface area contributed by atoms with Crippen molar-refractivity contribution in [1.29, 1.82) is 0 Å². The molecule has 0 aliphatic rings. The first kappa shape index (κ1) is 21.0. The Morgan fingerprint density at radius 1 is 0.875 bits per heavy atom. The van der Waals surface area contributed by atoms with Gasteiger partial charge in [-0.25, -0.2) is 4.79 Å². The fourth-order valence-corrected chi connectivity index (χ4v) is 3.38. The second-order valence-corrected chi connectivity index (χ2v) is 7.40. The van der Waals surface area contributed by atoms with E-state index in [0.29, 0.717) is 17.1 Å². The standard InChI is InChI=1S/C25H24N4O3/c1-16(26-24(30)23-14-18-10-13-21(32-2)15-22(18)29-23)17-8-11-20(12-9-17)28-25(31)27-19-6-4-3-5-7-19/h3-16,29H,1-2H3,(H,26,30)(H2,27,28,31). The van der Waals surface area contributed by atoms with Gasteiger partial charge in [0.1, 0.15) is 11.4 Å². The number of urea groups is 1. The first-order valence-electron chi connectivity index (χ1n) is 10.2. The lowest BCUT2D eigenvalue weighted by Crippen LogP contribution is -2.26. The lowest BCUT2D eigenvalue weighted by molar-refractivity contribution is 0.0935. The third kappa shape index (κ3) is 4.89. The highest BCUT2D eigenvalue weighted by atomic mass is 16.5. The van der Waals surface area contributed by atoms with Crippen molar-refractivity contribution in [2.45, 2.75) is 13.0 Å². The van der Waals surface area contributed by atoms with Crippen LogP contribution < -0.4 is 20.7 Å². The number of hydrogen-bond acceptors (Lipinski definition) is 3.